The van der Waals surface area contributed by atoms with Crippen LogP contribution < -0.4 is 5.73 Å². The quantitative estimate of drug-likeness (QED) is 0.843. The summed E-state index contributed by atoms with van der Waals surface area (Å²) in [6, 6.07) is 5.12. The van der Waals surface area contributed by atoms with Crippen LogP contribution in [0.2, 0.25) is 0 Å². The van der Waals surface area contributed by atoms with E-state index in [1.807, 2.05) is 13.0 Å². The highest BCUT2D eigenvalue weighted by atomic mass is 19.1. The minimum atomic E-state index is -0.183. The van der Waals surface area contributed by atoms with Crippen molar-refractivity contribution in [3.05, 3.63) is 35.1 Å². The second-order valence-corrected chi connectivity index (χ2v) is 5.42. The van der Waals surface area contributed by atoms with Gasteiger partial charge in [0.15, 0.2) is 0 Å². The van der Waals surface area contributed by atoms with Crippen molar-refractivity contribution in [1.29, 1.82) is 0 Å². The molecule has 0 aliphatic carbocycles. The van der Waals surface area contributed by atoms with Crippen LogP contribution in [0.4, 0.5) is 4.39 Å². The van der Waals surface area contributed by atoms with Crippen LogP contribution in [0.1, 0.15) is 37.4 Å². The maximum Gasteiger partial charge on any atom is 0.123 e. The Morgan fingerprint density at radius 3 is 2.50 bits per heavy atom. The zero-order valence-corrected chi connectivity index (χ0v) is 11.9. The van der Waals surface area contributed by atoms with Gasteiger partial charge in [0.05, 0.1) is 0 Å². The zero-order chi connectivity index (χ0) is 13.7. The molecular weight excluding hydrogens is 227 g/mol. The fourth-order valence-electron chi connectivity index (χ4n) is 2.18. The fraction of sp³-hybridized carbons (Fsp3) is 0.600. The Labute approximate surface area is 110 Å². The van der Waals surface area contributed by atoms with E-state index in [0.717, 1.165) is 24.1 Å². The molecule has 0 fully saturated rings. The lowest BCUT2D eigenvalue weighted by atomic mass is 9.99. The molecule has 0 radical (unpaired) electrons. The molecule has 0 aliphatic heterocycles. The van der Waals surface area contributed by atoms with Crippen molar-refractivity contribution >= 4 is 0 Å². The molecule has 0 aromatic heterocycles. The van der Waals surface area contributed by atoms with E-state index in [0.29, 0.717) is 12.5 Å². The van der Waals surface area contributed by atoms with Gasteiger partial charge in [0.2, 0.25) is 0 Å². The van der Waals surface area contributed by atoms with Crippen LogP contribution in [0.15, 0.2) is 18.2 Å². The number of nitrogens with zero attached hydrogens (tertiary/aromatic N) is 1. The molecule has 2 N–H and O–H groups in total. The lowest BCUT2D eigenvalue weighted by molar-refractivity contribution is 0.235. The SMILES string of the molecule is Cc1cc(F)ccc1C(CN)N(C)CCC(C)C. The summed E-state index contributed by atoms with van der Waals surface area (Å²) in [5, 5.41) is 0. The van der Waals surface area contributed by atoms with E-state index < -0.39 is 0 Å². The molecule has 0 amide bonds. The Bertz CT molecular complexity index is 377. The Morgan fingerprint density at radius 1 is 1.33 bits per heavy atom. The monoisotopic (exact) mass is 252 g/mol. The first-order valence-electron chi connectivity index (χ1n) is 6.62. The summed E-state index contributed by atoms with van der Waals surface area (Å²) in [5.41, 5.74) is 7.99. The molecule has 1 aromatic carbocycles. The van der Waals surface area contributed by atoms with Gasteiger partial charge in [-0.1, -0.05) is 19.9 Å². The van der Waals surface area contributed by atoms with Gasteiger partial charge in [0, 0.05) is 12.6 Å². The molecule has 1 rings (SSSR count). The van der Waals surface area contributed by atoms with Crippen molar-refractivity contribution in [2.45, 2.75) is 33.2 Å². The van der Waals surface area contributed by atoms with E-state index in [-0.39, 0.29) is 11.9 Å². The molecule has 0 spiro atoms. The van der Waals surface area contributed by atoms with E-state index in [4.69, 9.17) is 5.73 Å². The van der Waals surface area contributed by atoms with E-state index in [1.165, 1.54) is 6.07 Å². The number of aryl methyl sites for hydroxylation is 1. The van der Waals surface area contributed by atoms with E-state index in [1.54, 1.807) is 6.07 Å². The summed E-state index contributed by atoms with van der Waals surface area (Å²) in [7, 11) is 2.09. The second kappa shape index (κ2) is 6.86. The molecule has 0 bridgehead atoms. The third kappa shape index (κ3) is 4.07. The maximum absolute atomic E-state index is 13.1. The Kier molecular flexibility index (Phi) is 5.76. The molecule has 18 heavy (non-hydrogen) atoms. The van der Waals surface area contributed by atoms with E-state index in [9.17, 15) is 4.39 Å². The number of halogens is 1. The van der Waals surface area contributed by atoms with E-state index >= 15 is 0 Å². The van der Waals surface area contributed by atoms with Crippen molar-refractivity contribution in [3.63, 3.8) is 0 Å². The molecule has 0 heterocycles. The van der Waals surface area contributed by atoms with Crippen LogP contribution in [-0.4, -0.2) is 25.0 Å². The molecule has 1 atom stereocenters. The number of hydrogen-bond donors (Lipinski definition) is 1. The molecule has 2 nitrogen and oxygen atoms in total. The normalized spacial score (nSPS) is 13.3. The van der Waals surface area contributed by atoms with Gasteiger partial charge in [-0.25, -0.2) is 4.39 Å². The van der Waals surface area contributed by atoms with Gasteiger partial charge in [-0.15, -0.1) is 0 Å². The summed E-state index contributed by atoms with van der Waals surface area (Å²) < 4.78 is 13.1. The number of rotatable bonds is 6. The predicted octanol–water partition coefficient (Wildman–Crippen LogP) is 3.11. The smallest absolute Gasteiger partial charge is 0.123 e. The lowest BCUT2D eigenvalue weighted by Crippen LogP contribution is -2.32. The van der Waals surface area contributed by atoms with Gasteiger partial charge in [-0.05, 0) is 56.1 Å². The summed E-state index contributed by atoms with van der Waals surface area (Å²) in [6.07, 6.45) is 1.15. The third-order valence-corrected chi connectivity index (χ3v) is 3.41. The molecule has 0 aliphatic rings. The minimum absolute atomic E-state index is 0.171. The van der Waals surface area contributed by atoms with Crippen molar-refractivity contribution in [2.75, 3.05) is 20.1 Å². The van der Waals surface area contributed by atoms with Gasteiger partial charge in [-0.3, -0.25) is 4.90 Å². The highest BCUT2D eigenvalue weighted by Gasteiger charge is 2.17. The Morgan fingerprint density at radius 2 is 2.00 bits per heavy atom. The molecule has 0 saturated heterocycles. The summed E-state index contributed by atoms with van der Waals surface area (Å²) in [6.45, 7) is 7.94. The number of nitrogens with two attached hydrogens (primary N) is 1. The highest BCUT2D eigenvalue weighted by molar-refractivity contribution is 5.29. The summed E-state index contributed by atoms with van der Waals surface area (Å²) >= 11 is 0. The first-order valence-corrected chi connectivity index (χ1v) is 6.62. The topological polar surface area (TPSA) is 29.3 Å². The largest absolute Gasteiger partial charge is 0.329 e. The Balaban J connectivity index is 2.81. The van der Waals surface area contributed by atoms with Crippen LogP contribution in [-0.2, 0) is 0 Å². The van der Waals surface area contributed by atoms with E-state index in [2.05, 4.69) is 25.8 Å². The Hall–Kier alpha value is -0.930. The lowest BCUT2D eigenvalue weighted by Gasteiger charge is -2.29. The molecule has 3 heteroatoms. The fourth-order valence-corrected chi connectivity index (χ4v) is 2.18. The number of likely N-dealkylation sites (N-methyl/N-ethyl adjacent to an activating group) is 1. The van der Waals surface area contributed by atoms with Gasteiger partial charge in [0.1, 0.15) is 5.82 Å². The van der Waals surface area contributed by atoms with Crippen molar-refractivity contribution in [2.24, 2.45) is 11.7 Å². The van der Waals surface area contributed by atoms with Gasteiger partial charge >= 0.3 is 0 Å². The summed E-state index contributed by atoms with van der Waals surface area (Å²) in [4.78, 5) is 2.26. The van der Waals surface area contributed by atoms with Gasteiger partial charge < -0.3 is 5.73 Å². The van der Waals surface area contributed by atoms with Crippen LogP contribution in [0.5, 0.6) is 0 Å². The van der Waals surface area contributed by atoms with Crippen LogP contribution >= 0.6 is 0 Å². The molecule has 102 valence electrons. The molecule has 0 saturated carbocycles. The zero-order valence-electron chi connectivity index (χ0n) is 11.9. The van der Waals surface area contributed by atoms with Crippen molar-refractivity contribution in [3.8, 4) is 0 Å². The van der Waals surface area contributed by atoms with Crippen molar-refractivity contribution < 1.29 is 4.39 Å². The van der Waals surface area contributed by atoms with Gasteiger partial charge in [-0.2, -0.15) is 0 Å². The number of benzene rings is 1. The predicted molar refractivity (Wildman–Crippen MR) is 75.0 cm³/mol. The third-order valence-electron chi connectivity index (χ3n) is 3.41. The first-order chi connectivity index (χ1) is 8.45. The van der Waals surface area contributed by atoms with Crippen molar-refractivity contribution in [1.82, 2.24) is 4.90 Å². The average molecular weight is 252 g/mol. The summed E-state index contributed by atoms with van der Waals surface area (Å²) in [5.74, 6) is 0.497. The van der Waals surface area contributed by atoms with Gasteiger partial charge in [0.25, 0.3) is 0 Å². The molecule has 1 unspecified atom stereocenters. The maximum atomic E-state index is 13.1. The first kappa shape index (κ1) is 15.1. The molecular formula is C15H25FN2. The standard InChI is InChI=1S/C15H25FN2/c1-11(2)7-8-18(4)15(10-17)14-6-5-13(16)9-12(14)3/h5-6,9,11,15H,7-8,10,17H2,1-4H3. The van der Waals surface area contributed by atoms with Crippen LogP contribution in [0, 0.1) is 18.7 Å². The minimum Gasteiger partial charge on any atom is -0.329 e. The second-order valence-electron chi connectivity index (χ2n) is 5.42. The average Bonchev–Trinajstić information content (AvgIpc) is 2.30. The number of hydrogen-bond acceptors (Lipinski definition) is 2. The molecule has 1 aromatic rings. The van der Waals surface area contributed by atoms with Crippen LogP contribution in [0.25, 0.3) is 0 Å². The van der Waals surface area contributed by atoms with Crippen LogP contribution in [0.3, 0.4) is 0 Å². The highest BCUT2D eigenvalue weighted by Crippen LogP contribution is 2.23.